The largest absolute Gasteiger partial charge is 0.364 e. The second-order valence-corrected chi connectivity index (χ2v) is 10.9. The van der Waals surface area contributed by atoms with E-state index in [-0.39, 0.29) is 11.4 Å². The van der Waals surface area contributed by atoms with Crippen LogP contribution in [0, 0.1) is 11.3 Å². The molecule has 0 saturated carbocycles. The average Bonchev–Trinajstić information content (AvgIpc) is 3.39. The van der Waals surface area contributed by atoms with Gasteiger partial charge >= 0.3 is 0 Å². The maximum atomic E-state index is 14.1. The Balaban J connectivity index is 1.61. The van der Waals surface area contributed by atoms with Crippen molar-refractivity contribution >= 4 is 21.4 Å². The van der Waals surface area contributed by atoms with Crippen molar-refractivity contribution in [2.45, 2.75) is 30.4 Å². The zero-order valence-corrected chi connectivity index (χ0v) is 21.2. The minimum Gasteiger partial charge on any atom is -0.364 e. The fourth-order valence-corrected chi connectivity index (χ4v) is 6.36. The molecule has 190 valence electrons. The summed E-state index contributed by atoms with van der Waals surface area (Å²) in [5.74, 6) is 0. The van der Waals surface area contributed by atoms with E-state index in [0.29, 0.717) is 30.8 Å². The van der Waals surface area contributed by atoms with Crippen molar-refractivity contribution in [3.63, 3.8) is 0 Å². The molecule has 0 amide bonds. The van der Waals surface area contributed by atoms with Gasteiger partial charge in [-0.25, -0.2) is 13.4 Å². The molecular formula is C27H24N8O2S. The number of anilines is 1. The van der Waals surface area contributed by atoms with Gasteiger partial charge in [0.2, 0.25) is 10.0 Å². The van der Waals surface area contributed by atoms with E-state index >= 15 is 0 Å². The smallest absolute Gasteiger partial charge is 0.243 e. The van der Waals surface area contributed by atoms with Gasteiger partial charge in [-0.1, -0.05) is 47.6 Å². The molecule has 0 fully saturated rings. The monoisotopic (exact) mass is 524 g/mol. The molecule has 0 spiro atoms. The highest BCUT2D eigenvalue weighted by atomic mass is 32.2. The number of nitrogens with zero attached hydrogens (tertiary/aromatic N) is 7. The molecular weight excluding hydrogens is 500 g/mol. The van der Waals surface area contributed by atoms with Crippen LogP contribution in [-0.2, 0) is 29.5 Å². The number of aromatic amines is 1. The minimum atomic E-state index is -3.97. The predicted molar refractivity (Wildman–Crippen MR) is 143 cm³/mol. The van der Waals surface area contributed by atoms with Crippen LogP contribution in [0.15, 0.2) is 95.3 Å². The number of nitriles is 1. The zero-order chi connectivity index (χ0) is 26.5. The number of hydrogen-bond acceptors (Lipinski definition) is 6. The van der Waals surface area contributed by atoms with Gasteiger partial charge in [0.05, 0.1) is 35.1 Å². The maximum absolute atomic E-state index is 14.1. The Kier molecular flexibility index (Phi) is 7.11. The Labute approximate surface area is 220 Å². The van der Waals surface area contributed by atoms with Crippen LogP contribution in [0.5, 0.6) is 0 Å². The Morgan fingerprint density at radius 1 is 1.13 bits per heavy atom. The van der Waals surface area contributed by atoms with Crippen molar-refractivity contribution in [3.8, 4) is 6.07 Å². The molecule has 3 aromatic carbocycles. The number of azide groups is 1. The molecule has 1 N–H and O–H groups in total. The first kappa shape index (κ1) is 25.0. The van der Waals surface area contributed by atoms with Gasteiger partial charge in [0.25, 0.3) is 0 Å². The van der Waals surface area contributed by atoms with Crippen LogP contribution in [0.25, 0.3) is 10.4 Å². The zero-order valence-electron chi connectivity index (χ0n) is 20.3. The number of aromatic nitrogens is 2. The molecule has 5 rings (SSSR count). The molecule has 1 aliphatic heterocycles. The van der Waals surface area contributed by atoms with E-state index in [0.717, 1.165) is 22.5 Å². The summed E-state index contributed by atoms with van der Waals surface area (Å²) in [6, 6.07) is 22.8. The molecule has 0 saturated heterocycles. The summed E-state index contributed by atoms with van der Waals surface area (Å²) >= 11 is 0. The SMILES string of the molecule is N#Cc1ccc2c(c1)CN(S(=O)(=O)c1ccc(N=[N+]=[N-])cc1)[C@H](Cc1ccccc1)CN2Cc1cnc[nH]1. The van der Waals surface area contributed by atoms with Gasteiger partial charge in [0, 0.05) is 41.6 Å². The Hall–Kier alpha value is -4.62. The highest BCUT2D eigenvalue weighted by Gasteiger charge is 2.36. The standard InChI is InChI=1S/C27H24N8O2S/c28-14-21-6-11-27-22(12-21)16-35(38(36,37)26-9-7-23(8-10-26)32-33-29)25(13-20-4-2-1-3-5-20)18-34(27)17-24-15-30-19-31-24/h1-12,15,19,25H,13,16-18H2,(H,30,31)/t25-/m1/s1. The van der Waals surface area contributed by atoms with Gasteiger partial charge in [0.15, 0.2) is 0 Å². The number of imidazole rings is 1. The van der Waals surface area contributed by atoms with Crippen molar-refractivity contribution in [1.29, 1.82) is 5.26 Å². The number of fused-ring (bicyclic) bond motifs is 1. The van der Waals surface area contributed by atoms with Crippen LogP contribution in [0.2, 0.25) is 0 Å². The molecule has 1 aromatic heterocycles. The summed E-state index contributed by atoms with van der Waals surface area (Å²) in [4.78, 5) is 12.3. The lowest BCUT2D eigenvalue weighted by Crippen LogP contribution is -2.45. The molecule has 0 radical (unpaired) electrons. The van der Waals surface area contributed by atoms with Gasteiger partial charge in [-0.3, -0.25) is 0 Å². The van der Waals surface area contributed by atoms with Crippen molar-refractivity contribution in [2.75, 3.05) is 11.4 Å². The Morgan fingerprint density at radius 2 is 1.92 bits per heavy atom. The average molecular weight is 525 g/mol. The summed E-state index contributed by atoms with van der Waals surface area (Å²) in [5, 5.41) is 13.1. The topological polar surface area (TPSA) is 142 Å². The van der Waals surface area contributed by atoms with Crippen molar-refractivity contribution in [3.05, 3.63) is 118 Å². The molecule has 0 bridgehead atoms. The van der Waals surface area contributed by atoms with Gasteiger partial charge in [-0.15, -0.1) is 0 Å². The number of rotatable bonds is 7. The Bertz CT molecular complexity index is 1610. The fourth-order valence-electron chi connectivity index (χ4n) is 4.76. The summed E-state index contributed by atoms with van der Waals surface area (Å²) < 4.78 is 29.8. The highest BCUT2D eigenvalue weighted by molar-refractivity contribution is 7.89. The molecule has 2 heterocycles. The van der Waals surface area contributed by atoms with E-state index in [1.165, 1.54) is 28.6 Å². The van der Waals surface area contributed by atoms with E-state index in [1.54, 1.807) is 24.7 Å². The second-order valence-electron chi connectivity index (χ2n) is 8.99. The maximum Gasteiger partial charge on any atom is 0.243 e. The normalized spacial score (nSPS) is 15.7. The first-order valence-electron chi connectivity index (χ1n) is 11.9. The van der Waals surface area contributed by atoms with Crippen LogP contribution in [-0.4, -0.2) is 35.3 Å². The first-order valence-corrected chi connectivity index (χ1v) is 13.4. The third-order valence-electron chi connectivity index (χ3n) is 6.55. The van der Waals surface area contributed by atoms with Gasteiger partial charge in [-0.2, -0.15) is 9.57 Å². The van der Waals surface area contributed by atoms with Crippen molar-refractivity contribution in [1.82, 2.24) is 14.3 Å². The molecule has 4 aromatic rings. The van der Waals surface area contributed by atoms with E-state index < -0.39 is 16.1 Å². The second kappa shape index (κ2) is 10.8. The van der Waals surface area contributed by atoms with E-state index in [2.05, 4.69) is 31.0 Å². The number of sulfonamides is 1. The molecule has 10 nitrogen and oxygen atoms in total. The first-order chi connectivity index (χ1) is 18.5. The third-order valence-corrected chi connectivity index (χ3v) is 8.46. The lowest BCUT2D eigenvalue weighted by Gasteiger charge is -2.32. The van der Waals surface area contributed by atoms with E-state index in [9.17, 15) is 13.7 Å². The Morgan fingerprint density at radius 3 is 2.61 bits per heavy atom. The van der Waals surface area contributed by atoms with Crippen LogP contribution >= 0.6 is 0 Å². The van der Waals surface area contributed by atoms with Crippen LogP contribution in [0.1, 0.15) is 22.4 Å². The predicted octanol–water partition coefficient (Wildman–Crippen LogP) is 5.05. The minimum absolute atomic E-state index is 0.0995. The van der Waals surface area contributed by atoms with Crippen LogP contribution < -0.4 is 4.90 Å². The van der Waals surface area contributed by atoms with E-state index in [1.807, 2.05) is 36.4 Å². The molecule has 38 heavy (non-hydrogen) atoms. The molecule has 11 heteroatoms. The fraction of sp³-hybridized carbons (Fsp3) is 0.185. The van der Waals surface area contributed by atoms with Crippen molar-refractivity contribution < 1.29 is 8.42 Å². The van der Waals surface area contributed by atoms with Gasteiger partial charge < -0.3 is 9.88 Å². The molecule has 1 atom stereocenters. The number of nitrogens with one attached hydrogen (secondary N) is 1. The summed E-state index contributed by atoms with van der Waals surface area (Å²) in [5.41, 5.74) is 13.0. The molecule has 0 unspecified atom stereocenters. The lowest BCUT2D eigenvalue weighted by molar-refractivity contribution is 0.318. The number of hydrogen-bond donors (Lipinski definition) is 1. The van der Waals surface area contributed by atoms with Crippen LogP contribution in [0.3, 0.4) is 0 Å². The van der Waals surface area contributed by atoms with Gasteiger partial charge in [-0.05, 0) is 53.4 Å². The van der Waals surface area contributed by atoms with E-state index in [4.69, 9.17) is 5.53 Å². The lowest BCUT2D eigenvalue weighted by atomic mass is 10.1. The van der Waals surface area contributed by atoms with Crippen LogP contribution in [0.4, 0.5) is 11.4 Å². The van der Waals surface area contributed by atoms with Gasteiger partial charge in [0.1, 0.15) is 0 Å². The molecule has 0 aliphatic carbocycles. The summed E-state index contributed by atoms with van der Waals surface area (Å²) in [7, 11) is -3.97. The quantitative estimate of drug-likeness (QED) is 0.205. The third kappa shape index (κ3) is 5.23. The van der Waals surface area contributed by atoms with Crippen molar-refractivity contribution in [2.24, 2.45) is 5.11 Å². The number of H-pyrrole nitrogens is 1. The summed E-state index contributed by atoms with van der Waals surface area (Å²) in [6.07, 6.45) is 3.86. The number of benzene rings is 3. The molecule has 1 aliphatic rings. The highest BCUT2D eigenvalue weighted by Crippen LogP contribution is 2.34. The summed E-state index contributed by atoms with van der Waals surface area (Å²) in [6.45, 7) is 1.02.